The van der Waals surface area contributed by atoms with Gasteiger partial charge in [0, 0.05) is 25.4 Å². The van der Waals surface area contributed by atoms with Crippen LogP contribution in [0.2, 0.25) is 0 Å². The van der Waals surface area contributed by atoms with E-state index >= 15 is 0 Å². The summed E-state index contributed by atoms with van der Waals surface area (Å²) in [6.45, 7) is 2.11. The fraction of sp³-hybridized carbons (Fsp3) is 0.533. The van der Waals surface area contributed by atoms with Gasteiger partial charge in [-0.25, -0.2) is 8.78 Å². The maximum Gasteiger partial charge on any atom is 0.323 e. The van der Waals surface area contributed by atoms with Crippen molar-refractivity contribution < 1.29 is 18.3 Å². The summed E-state index contributed by atoms with van der Waals surface area (Å²) in [5, 5.41) is 0. The Bertz CT molecular complexity index is 464. The molecule has 0 aliphatic carbocycles. The largest absolute Gasteiger partial charge is 0.468 e. The number of piperidine rings is 1. The molecular weight excluding hydrogens is 264 g/mol. The Morgan fingerprint density at radius 1 is 1.40 bits per heavy atom. The van der Waals surface area contributed by atoms with Gasteiger partial charge in [0.2, 0.25) is 0 Å². The van der Waals surface area contributed by atoms with E-state index in [1.165, 1.54) is 7.11 Å². The number of rotatable bonds is 3. The molecule has 1 aromatic rings. The molecule has 0 spiro atoms. The van der Waals surface area contributed by atoms with Crippen molar-refractivity contribution in [3.05, 3.63) is 35.9 Å². The van der Waals surface area contributed by atoms with Crippen LogP contribution in [0.25, 0.3) is 0 Å². The third-order valence-corrected chi connectivity index (χ3v) is 3.88. The van der Waals surface area contributed by atoms with E-state index in [9.17, 15) is 13.6 Å². The van der Waals surface area contributed by atoms with Crippen LogP contribution in [0.3, 0.4) is 0 Å². The molecule has 1 aromatic carbocycles. The Morgan fingerprint density at radius 3 is 2.65 bits per heavy atom. The van der Waals surface area contributed by atoms with Gasteiger partial charge in [-0.05, 0) is 12.5 Å². The summed E-state index contributed by atoms with van der Waals surface area (Å²) in [5.74, 6) is -3.39. The molecule has 1 heterocycles. The van der Waals surface area contributed by atoms with E-state index < -0.39 is 24.4 Å². The molecule has 0 N–H and O–H groups in total. The molecule has 1 aliphatic rings. The number of nitrogens with zero attached hydrogens (tertiary/aromatic N) is 1. The predicted molar refractivity (Wildman–Crippen MR) is 71.5 cm³/mol. The quantitative estimate of drug-likeness (QED) is 0.799. The number of ether oxygens (including phenoxy) is 1. The van der Waals surface area contributed by atoms with Crippen molar-refractivity contribution in [3.63, 3.8) is 0 Å². The molecule has 2 unspecified atom stereocenters. The summed E-state index contributed by atoms with van der Waals surface area (Å²) in [6, 6.07) is 8.58. The first-order valence-corrected chi connectivity index (χ1v) is 6.71. The number of hydrogen-bond acceptors (Lipinski definition) is 3. The molecule has 1 saturated heterocycles. The molecule has 2 rings (SSSR count). The fourth-order valence-electron chi connectivity index (χ4n) is 2.69. The molecule has 1 fully saturated rings. The van der Waals surface area contributed by atoms with Crippen molar-refractivity contribution in [2.75, 3.05) is 13.7 Å². The third-order valence-electron chi connectivity index (χ3n) is 3.88. The number of carbonyl (C=O) groups excluding carboxylic acids is 1. The molecule has 2 atom stereocenters. The highest BCUT2D eigenvalue weighted by Gasteiger charge is 2.45. The van der Waals surface area contributed by atoms with Crippen molar-refractivity contribution in [3.8, 4) is 0 Å². The predicted octanol–water partition coefficient (Wildman–Crippen LogP) is 3.02. The number of hydrogen-bond donors (Lipinski definition) is 0. The monoisotopic (exact) mass is 283 g/mol. The molecule has 0 bridgehead atoms. The first-order valence-electron chi connectivity index (χ1n) is 6.71. The highest BCUT2D eigenvalue weighted by atomic mass is 19.3. The lowest BCUT2D eigenvalue weighted by Gasteiger charge is -2.41. The van der Waals surface area contributed by atoms with Crippen molar-refractivity contribution in [2.24, 2.45) is 0 Å². The van der Waals surface area contributed by atoms with Crippen LogP contribution in [0.4, 0.5) is 8.78 Å². The van der Waals surface area contributed by atoms with E-state index in [1.54, 1.807) is 4.90 Å². The van der Waals surface area contributed by atoms with Crippen molar-refractivity contribution in [2.45, 2.75) is 37.8 Å². The van der Waals surface area contributed by atoms with Crippen LogP contribution in [-0.4, -0.2) is 36.5 Å². The smallest absolute Gasteiger partial charge is 0.323 e. The Morgan fingerprint density at radius 2 is 2.05 bits per heavy atom. The van der Waals surface area contributed by atoms with Gasteiger partial charge in [0.25, 0.3) is 5.92 Å². The topological polar surface area (TPSA) is 29.5 Å². The van der Waals surface area contributed by atoms with Gasteiger partial charge < -0.3 is 4.74 Å². The summed E-state index contributed by atoms with van der Waals surface area (Å²) in [5.41, 5.74) is 1.01. The average Bonchev–Trinajstić information content (AvgIpc) is 2.45. The summed E-state index contributed by atoms with van der Waals surface area (Å²) < 4.78 is 31.8. The van der Waals surface area contributed by atoms with Gasteiger partial charge in [0.1, 0.15) is 6.04 Å². The Kier molecular flexibility index (Phi) is 4.38. The Balaban J connectivity index is 2.22. The van der Waals surface area contributed by atoms with E-state index in [-0.39, 0.29) is 19.0 Å². The Hall–Kier alpha value is -1.49. The number of carbonyl (C=O) groups is 1. The normalized spacial score (nSPS) is 24.1. The van der Waals surface area contributed by atoms with E-state index in [1.807, 2.05) is 37.3 Å². The van der Waals surface area contributed by atoms with E-state index in [2.05, 4.69) is 4.74 Å². The van der Waals surface area contributed by atoms with Gasteiger partial charge in [-0.2, -0.15) is 0 Å². The van der Waals surface area contributed by atoms with Crippen molar-refractivity contribution in [1.82, 2.24) is 4.90 Å². The fourth-order valence-corrected chi connectivity index (χ4v) is 2.69. The first-order chi connectivity index (χ1) is 9.44. The lowest BCUT2D eigenvalue weighted by atomic mass is 9.94. The minimum atomic E-state index is -2.80. The first kappa shape index (κ1) is 14.9. The summed E-state index contributed by atoms with van der Waals surface area (Å²) in [6.07, 6.45) is -0.700. The van der Waals surface area contributed by atoms with Crippen molar-refractivity contribution >= 4 is 5.97 Å². The molecule has 110 valence electrons. The summed E-state index contributed by atoms with van der Waals surface area (Å²) in [7, 11) is 1.24. The molecule has 0 saturated carbocycles. The zero-order chi connectivity index (χ0) is 14.8. The van der Waals surface area contributed by atoms with Gasteiger partial charge in [-0.1, -0.05) is 30.3 Å². The lowest BCUT2D eigenvalue weighted by molar-refractivity contribution is -0.159. The molecule has 0 aromatic heterocycles. The molecule has 3 nitrogen and oxygen atoms in total. The van der Waals surface area contributed by atoms with Crippen LogP contribution >= 0.6 is 0 Å². The van der Waals surface area contributed by atoms with Crippen molar-refractivity contribution in [1.29, 1.82) is 0 Å². The molecular formula is C15H19F2NO2. The summed E-state index contributed by atoms with van der Waals surface area (Å²) >= 11 is 0. The van der Waals surface area contributed by atoms with Crippen LogP contribution in [-0.2, 0) is 9.53 Å². The van der Waals surface area contributed by atoms with E-state index in [0.29, 0.717) is 0 Å². The number of methoxy groups -OCH3 is 1. The van der Waals surface area contributed by atoms with Crippen LogP contribution in [0.5, 0.6) is 0 Å². The molecule has 0 amide bonds. The van der Waals surface area contributed by atoms with Crippen LogP contribution in [0.15, 0.2) is 30.3 Å². The maximum absolute atomic E-state index is 13.6. The minimum absolute atomic E-state index is 0.101. The van der Waals surface area contributed by atoms with Gasteiger partial charge in [-0.15, -0.1) is 0 Å². The molecule has 5 heteroatoms. The SMILES string of the molecule is COC(=O)C1CC(F)(F)CCN1C(C)c1ccccc1. The Labute approximate surface area is 117 Å². The van der Waals surface area contributed by atoms with Crippen LogP contribution < -0.4 is 0 Å². The second kappa shape index (κ2) is 5.87. The maximum atomic E-state index is 13.6. The molecule has 1 aliphatic heterocycles. The average molecular weight is 283 g/mol. The van der Waals surface area contributed by atoms with Crippen LogP contribution in [0, 0.1) is 0 Å². The van der Waals surface area contributed by atoms with Crippen LogP contribution in [0.1, 0.15) is 31.4 Å². The summed E-state index contributed by atoms with van der Waals surface area (Å²) in [4.78, 5) is 13.6. The van der Waals surface area contributed by atoms with Gasteiger partial charge in [0.05, 0.1) is 7.11 Å². The van der Waals surface area contributed by atoms with Gasteiger partial charge >= 0.3 is 5.97 Å². The third kappa shape index (κ3) is 3.15. The molecule has 20 heavy (non-hydrogen) atoms. The standard InChI is InChI=1S/C15H19F2NO2/c1-11(12-6-4-3-5-7-12)18-9-8-15(16,17)10-13(18)14(19)20-2/h3-7,11,13H,8-10H2,1-2H3. The highest BCUT2D eigenvalue weighted by Crippen LogP contribution is 2.36. The highest BCUT2D eigenvalue weighted by molar-refractivity contribution is 5.76. The second-order valence-corrected chi connectivity index (χ2v) is 5.17. The van der Waals surface area contributed by atoms with Gasteiger partial charge in [0.15, 0.2) is 0 Å². The van der Waals surface area contributed by atoms with E-state index in [0.717, 1.165) is 5.56 Å². The van der Waals surface area contributed by atoms with Gasteiger partial charge in [-0.3, -0.25) is 9.69 Å². The number of halogens is 2. The lowest BCUT2D eigenvalue weighted by Crippen LogP contribution is -2.52. The van der Waals surface area contributed by atoms with E-state index in [4.69, 9.17) is 0 Å². The second-order valence-electron chi connectivity index (χ2n) is 5.17. The zero-order valence-electron chi connectivity index (χ0n) is 11.7. The molecule has 0 radical (unpaired) electrons. The number of alkyl halides is 2. The number of likely N-dealkylation sites (tertiary alicyclic amines) is 1. The zero-order valence-corrected chi connectivity index (χ0v) is 11.7. The number of benzene rings is 1. The minimum Gasteiger partial charge on any atom is -0.468 e. The number of esters is 1.